The van der Waals surface area contributed by atoms with Gasteiger partial charge in [0.1, 0.15) is 5.82 Å². The summed E-state index contributed by atoms with van der Waals surface area (Å²) in [6.45, 7) is 0. The molecule has 142 valence electrons. The van der Waals surface area contributed by atoms with Crippen LogP contribution in [0.5, 0.6) is 0 Å². The van der Waals surface area contributed by atoms with Crippen molar-refractivity contribution in [3.05, 3.63) is 61.7 Å². The first kappa shape index (κ1) is 18.3. The van der Waals surface area contributed by atoms with Gasteiger partial charge in [0.15, 0.2) is 0 Å². The Labute approximate surface area is 165 Å². The number of aromatic nitrogens is 1. The minimum atomic E-state index is -0.604. The second-order valence-corrected chi connectivity index (χ2v) is 7.86. The lowest BCUT2D eigenvalue weighted by Gasteiger charge is -2.39. The van der Waals surface area contributed by atoms with E-state index in [2.05, 4.69) is 0 Å². The van der Waals surface area contributed by atoms with Crippen LogP contribution in [0.3, 0.4) is 0 Å². The Morgan fingerprint density at radius 3 is 2.67 bits per heavy atom. The lowest BCUT2D eigenvalue weighted by atomic mass is 9.97. The SMILES string of the molecule is CN(C(=O)N1C2CCC1c1ccc(=O)n(C)c1C2)c1cc(Cl)c(Cl)cc1F. The molecule has 4 rings (SSSR count). The topological polar surface area (TPSA) is 45.6 Å². The molecule has 5 nitrogen and oxygen atoms in total. The number of halogens is 3. The van der Waals surface area contributed by atoms with Crippen LogP contribution in [0, 0.1) is 5.82 Å². The Kier molecular flexibility index (Phi) is 4.43. The summed E-state index contributed by atoms with van der Waals surface area (Å²) in [6.07, 6.45) is 2.28. The number of hydrogen-bond donors (Lipinski definition) is 0. The number of nitrogens with zero attached hydrogens (tertiary/aromatic N) is 3. The van der Waals surface area contributed by atoms with Crippen LogP contribution in [0.1, 0.15) is 30.1 Å². The molecule has 0 radical (unpaired) electrons. The second-order valence-electron chi connectivity index (χ2n) is 7.05. The van der Waals surface area contributed by atoms with Gasteiger partial charge in [0.2, 0.25) is 5.56 Å². The molecular weight excluding hydrogens is 392 g/mol. The highest BCUT2D eigenvalue weighted by atomic mass is 35.5. The summed E-state index contributed by atoms with van der Waals surface area (Å²) in [4.78, 5) is 28.2. The predicted molar refractivity (Wildman–Crippen MR) is 103 cm³/mol. The fourth-order valence-corrected chi connectivity index (χ4v) is 4.51. The number of carbonyl (C=O) groups excluding carboxylic acids is 1. The first-order valence-corrected chi connectivity index (χ1v) is 9.44. The van der Waals surface area contributed by atoms with Gasteiger partial charge in [0, 0.05) is 38.3 Å². The normalized spacial score (nSPS) is 20.6. The van der Waals surface area contributed by atoms with E-state index in [0.29, 0.717) is 6.42 Å². The molecule has 0 spiro atoms. The number of hydrogen-bond acceptors (Lipinski definition) is 2. The maximum Gasteiger partial charge on any atom is 0.325 e. The van der Waals surface area contributed by atoms with Crippen LogP contribution >= 0.6 is 23.2 Å². The summed E-state index contributed by atoms with van der Waals surface area (Å²) in [5, 5.41) is 0.293. The van der Waals surface area contributed by atoms with E-state index in [4.69, 9.17) is 23.2 Å². The number of rotatable bonds is 1. The van der Waals surface area contributed by atoms with Crippen molar-refractivity contribution >= 4 is 34.9 Å². The molecule has 2 atom stereocenters. The predicted octanol–water partition coefficient (Wildman–Crippen LogP) is 4.15. The number of fused-ring (bicyclic) bond motifs is 4. The fourth-order valence-electron chi connectivity index (χ4n) is 4.20. The second kappa shape index (κ2) is 6.53. The molecule has 0 aliphatic carbocycles. The molecule has 1 aromatic heterocycles. The van der Waals surface area contributed by atoms with Gasteiger partial charge in [-0.15, -0.1) is 0 Å². The Balaban J connectivity index is 1.70. The van der Waals surface area contributed by atoms with Crippen molar-refractivity contribution < 1.29 is 9.18 Å². The van der Waals surface area contributed by atoms with E-state index in [9.17, 15) is 14.0 Å². The van der Waals surface area contributed by atoms with E-state index >= 15 is 0 Å². The van der Waals surface area contributed by atoms with Crippen LogP contribution < -0.4 is 10.5 Å². The minimum absolute atomic E-state index is 0.0173. The first-order valence-electron chi connectivity index (χ1n) is 8.69. The van der Waals surface area contributed by atoms with Crippen molar-refractivity contribution in [1.29, 1.82) is 0 Å². The maximum atomic E-state index is 14.4. The van der Waals surface area contributed by atoms with E-state index in [1.807, 2.05) is 6.07 Å². The summed E-state index contributed by atoms with van der Waals surface area (Å²) in [5.41, 5.74) is 1.99. The Hall–Kier alpha value is -2.05. The first-order chi connectivity index (χ1) is 12.8. The van der Waals surface area contributed by atoms with Crippen LogP contribution in [0.4, 0.5) is 14.9 Å². The molecule has 1 fully saturated rings. The van der Waals surface area contributed by atoms with Crippen molar-refractivity contribution in [1.82, 2.24) is 9.47 Å². The summed E-state index contributed by atoms with van der Waals surface area (Å²) in [7, 11) is 3.29. The number of pyridine rings is 1. The highest BCUT2D eigenvalue weighted by molar-refractivity contribution is 6.42. The largest absolute Gasteiger partial charge is 0.325 e. The monoisotopic (exact) mass is 409 g/mol. The van der Waals surface area contributed by atoms with Crippen LogP contribution in [0.15, 0.2) is 29.1 Å². The van der Waals surface area contributed by atoms with Crippen molar-refractivity contribution in [2.24, 2.45) is 7.05 Å². The van der Waals surface area contributed by atoms with E-state index in [0.717, 1.165) is 30.2 Å². The lowest BCUT2D eigenvalue weighted by Crippen LogP contribution is -2.49. The molecule has 1 saturated heterocycles. The zero-order valence-electron chi connectivity index (χ0n) is 14.9. The van der Waals surface area contributed by atoms with E-state index < -0.39 is 5.82 Å². The van der Waals surface area contributed by atoms with Crippen molar-refractivity contribution in [2.45, 2.75) is 31.3 Å². The third-order valence-corrected chi connectivity index (χ3v) is 6.35. The van der Waals surface area contributed by atoms with Gasteiger partial charge < -0.3 is 9.47 Å². The van der Waals surface area contributed by atoms with Gasteiger partial charge in [0.25, 0.3) is 0 Å². The molecule has 2 amide bonds. The van der Waals surface area contributed by atoms with E-state index in [-0.39, 0.29) is 39.4 Å². The Morgan fingerprint density at radius 2 is 1.93 bits per heavy atom. The van der Waals surface area contributed by atoms with Gasteiger partial charge in [-0.3, -0.25) is 9.69 Å². The molecule has 2 bridgehead atoms. The highest BCUT2D eigenvalue weighted by Gasteiger charge is 2.44. The van der Waals surface area contributed by atoms with Crippen LogP contribution in [0.25, 0.3) is 0 Å². The van der Waals surface area contributed by atoms with Gasteiger partial charge in [-0.2, -0.15) is 0 Å². The van der Waals surface area contributed by atoms with Crippen molar-refractivity contribution in [3.8, 4) is 0 Å². The third-order valence-electron chi connectivity index (χ3n) is 5.62. The number of anilines is 1. The van der Waals surface area contributed by atoms with E-state index in [1.54, 1.807) is 16.5 Å². The zero-order chi connectivity index (χ0) is 19.5. The Bertz CT molecular complexity index is 1010. The molecule has 2 aliphatic rings. The molecule has 3 heterocycles. The number of amides is 2. The Morgan fingerprint density at radius 1 is 1.22 bits per heavy atom. The van der Waals surface area contributed by atoms with Gasteiger partial charge in [0.05, 0.1) is 21.8 Å². The maximum absolute atomic E-state index is 14.4. The zero-order valence-corrected chi connectivity index (χ0v) is 16.4. The van der Waals surface area contributed by atoms with Gasteiger partial charge in [-0.25, -0.2) is 9.18 Å². The van der Waals surface area contributed by atoms with Crippen LogP contribution in [0.2, 0.25) is 10.0 Å². The van der Waals surface area contributed by atoms with Gasteiger partial charge >= 0.3 is 6.03 Å². The van der Waals surface area contributed by atoms with Crippen molar-refractivity contribution in [2.75, 3.05) is 11.9 Å². The molecule has 2 aliphatic heterocycles. The fraction of sp³-hybridized carbons (Fsp3) is 0.368. The standard InChI is InChI=1S/C19H18Cl2FN3O2/c1-23-16-7-10-3-5-15(11(16)4-6-18(23)26)25(10)19(27)24(2)17-9-13(21)12(20)8-14(17)22/h4,6,8-10,15H,3,5,7H2,1-2H3. The summed E-state index contributed by atoms with van der Waals surface area (Å²) >= 11 is 11.9. The summed E-state index contributed by atoms with van der Waals surface area (Å²) in [6, 6.07) is 5.38. The number of urea groups is 1. The molecule has 2 unspecified atom stereocenters. The summed E-state index contributed by atoms with van der Waals surface area (Å²) < 4.78 is 16.0. The average Bonchev–Trinajstić information content (AvgIpc) is 2.95. The minimum Gasteiger partial charge on any atom is -0.315 e. The lowest BCUT2D eigenvalue weighted by molar-refractivity contribution is 0.171. The quantitative estimate of drug-likeness (QED) is 0.664. The molecule has 1 aromatic carbocycles. The van der Waals surface area contributed by atoms with Crippen LogP contribution in [-0.4, -0.2) is 28.6 Å². The number of carbonyl (C=O) groups is 1. The number of benzene rings is 1. The molecule has 0 N–H and O–H groups in total. The molecule has 27 heavy (non-hydrogen) atoms. The summed E-state index contributed by atoms with van der Waals surface area (Å²) in [5.74, 6) is -0.604. The molecular formula is C19H18Cl2FN3O2. The highest BCUT2D eigenvalue weighted by Crippen LogP contribution is 2.44. The third kappa shape index (κ3) is 2.82. The van der Waals surface area contributed by atoms with Crippen molar-refractivity contribution in [3.63, 3.8) is 0 Å². The average molecular weight is 410 g/mol. The van der Waals surface area contributed by atoms with E-state index in [1.165, 1.54) is 24.1 Å². The molecule has 8 heteroatoms. The van der Waals surface area contributed by atoms with Gasteiger partial charge in [-0.1, -0.05) is 23.2 Å². The van der Waals surface area contributed by atoms with Gasteiger partial charge in [-0.05, 0) is 36.6 Å². The smallest absolute Gasteiger partial charge is 0.315 e. The van der Waals surface area contributed by atoms with Crippen LogP contribution in [-0.2, 0) is 13.5 Å². The molecule has 2 aromatic rings. The molecule has 0 saturated carbocycles.